The Hall–Kier alpha value is -0.600. The highest BCUT2D eigenvalue weighted by molar-refractivity contribution is 5.04. The lowest BCUT2D eigenvalue weighted by Crippen LogP contribution is -2.39. The van der Waals surface area contributed by atoms with E-state index in [0.29, 0.717) is 5.92 Å². The SMILES string of the molecule is C=CCC(COC)(COC)C1C=CCCC1. The Labute approximate surface area is 99.3 Å². The fourth-order valence-corrected chi connectivity index (χ4v) is 2.71. The number of allylic oxidation sites excluding steroid dienone is 3. The van der Waals surface area contributed by atoms with Crippen LogP contribution in [0.3, 0.4) is 0 Å². The van der Waals surface area contributed by atoms with E-state index in [1.165, 1.54) is 19.3 Å². The van der Waals surface area contributed by atoms with E-state index in [1.54, 1.807) is 14.2 Å². The minimum absolute atomic E-state index is 0.0716. The van der Waals surface area contributed by atoms with Crippen LogP contribution >= 0.6 is 0 Å². The summed E-state index contributed by atoms with van der Waals surface area (Å²) in [5, 5.41) is 0. The van der Waals surface area contributed by atoms with Crippen molar-refractivity contribution in [1.29, 1.82) is 0 Å². The summed E-state index contributed by atoms with van der Waals surface area (Å²) in [6, 6.07) is 0. The summed E-state index contributed by atoms with van der Waals surface area (Å²) in [6.07, 6.45) is 11.3. The van der Waals surface area contributed by atoms with Gasteiger partial charge in [-0.25, -0.2) is 0 Å². The molecule has 0 bridgehead atoms. The van der Waals surface area contributed by atoms with E-state index < -0.39 is 0 Å². The summed E-state index contributed by atoms with van der Waals surface area (Å²) in [7, 11) is 3.53. The lowest BCUT2D eigenvalue weighted by molar-refractivity contribution is -0.0188. The van der Waals surface area contributed by atoms with Gasteiger partial charge in [0, 0.05) is 19.6 Å². The van der Waals surface area contributed by atoms with Gasteiger partial charge in [0.2, 0.25) is 0 Å². The Morgan fingerprint density at radius 3 is 2.50 bits per heavy atom. The Morgan fingerprint density at radius 1 is 1.38 bits per heavy atom. The van der Waals surface area contributed by atoms with Crippen molar-refractivity contribution < 1.29 is 9.47 Å². The van der Waals surface area contributed by atoms with Crippen LogP contribution in [0.25, 0.3) is 0 Å². The molecule has 0 aromatic carbocycles. The highest BCUT2D eigenvalue weighted by Crippen LogP contribution is 2.39. The van der Waals surface area contributed by atoms with Crippen molar-refractivity contribution in [2.45, 2.75) is 25.7 Å². The molecule has 1 rings (SSSR count). The summed E-state index contributed by atoms with van der Waals surface area (Å²) in [5.41, 5.74) is 0.0716. The first-order chi connectivity index (χ1) is 7.79. The molecule has 0 saturated carbocycles. The van der Waals surface area contributed by atoms with Gasteiger partial charge in [0.05, 0.1) is 13.2 Å². The average Bonchev–Trinajstić information content (AvgIpc) is 2.31. The van der Waals surface area contributed by atoms with E-state index in [-0.39, 0.29) is 5.41 Å². The van der Waals surface area contributed by atoms with E-state index >= 15 is 0 Å². The van der Waals surface area contributed by atoms with Gasteiger partial charge in [-0.2, -0.15) is 0 Å². The minimum atomic E-state index is 0.0716. The normalized spacial score (nSPS) is 21.0. The summed E-state index contributed by atoms with van der Waals surface area (Å²) >= 11 is 0. The molecule has 1 atom stereocenters. The van der Waals surface area contributed by atoms with E-state index in [4.69, 9.17) is 9.47 Å². The lowest BCUT2D eigenvalue weighted by atomic mass is 9.70. The first-order valence-electron chi connectivity index (χ1n) is 6.04. The van der Waals surface area contributed by atoms with Crippen LogP contribution in [0.1, 0.15) is 25.7 Å². The van der Waals surface area contributed by atoms with Gasteiger partial charge in [-0.05, 0) is 31.6 Å². The second kappa shape index (κ2) is 6.87. The van der Waals surface area contributed by atoms with E-state index in [1.807, 2.05) is 6.08 Å². The minimum Gasteiger partial charge on any atom is -0.384 e. The predicted molar refractivity (Wildman–Crippen MR) is 67.5 cm³/mol. The molecule has 0 fully saturated rings. The number of rotatable bonds is 7. The third-order valence-electron chi connectivity index (χ3n) is 3.46. The van der Waals surface area contributed by atoms with Crippen LogP contribution < -0.4 is 0 Å². The summed E-state index contributed by atoms with van der Waals surface area (Å²) in [4.78, 5) is 0. The standard InChI is InChI=1S/C14H24O2/c1-4-10-14(11-15-2,12-16-3)13-8-6-5-7-9-13/h4,6,8,13H,1,5,7,9-12H2,2-3H3. The maximum absolute atomic E-state index is 5.40. The Kier molecular flexibility index (Phi) is 5.78. The fraction of sp³-hybridized carbons (Fsp3) is 0.714. The van der Waals surface area contributed by atoms with Gasteiger partial charge in [-0.15, -0.1) is 6.58 Å². The van der Waals surface area contributed by atoms with Gasteiger partial charge in [0.25, 0.3) is 0 Å². The molecule has 0 amide bonds. The van der Waals surface area contributed by atoms with Crippen LogP contribution in [-0.2, 0) is 9.47 Å². The van der Waals surface area contributed by atoms with E-state index in [0.717, 1.165) is 19.6 Å². The van der Waals surface area contributed by atoms with Crippen LogP contribution in [0.4, 0.5) is 0 Å². The monoisotopic (exact) mass is 224 g/mol. The molecule has 1 aliphatic rings. The first-order valence-corrected chi connectivity index (χ1v) is 6.04. The van der Waals surface area contributed by atoms with Crippen molar-refractivity contribution in [3.8, 4) is 0 Å². The molecule has 1 aliphatic carbocycles. The lowest BCUT2D eigenvalue weighted by Gasteiger charge is -2.39. The van der Waals surface area contributed by atoms with Gasteiger partial charge in [0.1, 0.15) is 0 Å². The highest BCUT2D eigenvalue weighted by atomic mass is 16.5. The third kappa shape index (κ3) is 3.19. The molecule has 1 unspecified atom stereocenters. The van der Waals surface area contributed by atoms with Gasteiger partial charge in [0.15, 0.2) is 0 Å². The van der Waals surface area contributed by atoms with Crippen molar-refractivity contribution in [2.75, 3.05) is 27.4 Å². The van der Waals surface area contributed by atoms with Gasteiger partial charge < -0.3 is 9.47 Å². The Bertz CT molecular complexity index is 227. The molecule has 0 aliphatic heterocycles. The first kappa shape index (κ1) is 13.5. The molecule has 0 aromatic rings. The summed E-state index contributed by atoms with van der Waals surface area (Å²) in [5.74, 6) is 0.555. The van der Waals surface area contributed by atoms with Crippen LogP contribution in [0.5, 0.6) is 0 Å². The maximum atomic E-state index is 5.40. The van der Waals surface area contributed by atoms with Gasteiger partial charge in [-0.1, -0.05) is 18.2 Å². The quantitative estimate of drug-likeness (QED) is 0.618. The highest BCUT2D eigenvalue weighted by Gasteiger charge is 2.37. The zero-order valence-corrected chi connectivity index (χ0v) is 10.6. The number of ether oxygens (including phenoxy) is 2. The topological polar surface area (TPSA) is 18.5 Å². The molecule has 2 nitrogen and oxygen atoms in total. The molecule has 0 radical (unpaired) electrons. The molecule has 0 N–H and O–H groups in total. The molecular weight excluding hydrogens is 200 g/mol. The van der Waals surface area contributed by atoms with Gasteiger partial charge >= 0.3 is 0 Å². The molecule has 92 valence electrons. The Morgan fingerprint density at radius 2 is 2.06 bits per heavy atom. The van der Waals surface area contributed by atoms with Crippen LogP contribution in [0.15, 0.2) is 24.8 Å². The number of methoxy groups -OCH3 is 2. The smallest absolute Gasteiger partial charge is 0.0549 e. The molecule has 2 heteroatoms. The predicted octanol–water partition coefficient (Wildman–Crippen LogP) is 3.20. The van der Waals surface area contributed by atoms with Crippen molar-refractivity contribution in [3.63, 3.8) is 0 Å². The maximum Gasteiger partial charge on any atom is 0.0549 e. The fourth-order valence-electron chi connectivity index (χ4n) is 2.71. The largest absolute Gasteiger partial charge is 0.384 e. The number of hydrogen-bond donors (Lipinski definition) is 0. The van der Waals surface area contributed by atoms with Crippen molar-refractivity contribution in [3.05, 3.63) is 24.8 Å². The van der Waals surface area contributed by atoms with E-state index in [9.17, 15) is 0 Å². The molecule has 0 aromatic heterocycles. The third-order valence-corrected chi connectivity index (χ3v) is 3.46. The zero-order valence-electron chi connectivity index (χ0n) is 10.6. The van der Waals surface area contributed by atoms with Crippen molar-refractivity contribution >= 4 is 0 Å². The summed E-state index contributed by atoms with van der Waals surface area (Å²) in [6.45, 7) is 5.35. The summed E-state index contributed by atoms with van der Waals surface area (Å²) < 4.78 is 10.8. The molecule has 0 spiro atoms. The van der Waals surface area contributed by atoms with Crippen LogP contribution in [-0.4, -0.2) is 27.4 Å². The van der Waals surface area contributed by atoms with Crippen molar-refractivity contribution in [2.24, 2.45) is 11.3 Å². The Balaban J connectivity index is 2.83. The zero-order chi connectivity index (χ0) is 11.9. The second-order valence-corrected chi connectivity index (χ2v) is 4.69. The average molecular weight is 224 g/mol. The molecular formula is C14H24O2. The molecule has 16 heavy (non-hydrogen) atoms. The molecule has 0 saturated heterocycles. The van der Waals surface area contributed by atoms with E-state index in [2.05, 4.69) is 18.7 Å². The van der Waals surface area contributed by atoms with Crippen LogP contribution in [0, 0.1) is 11.3 Å². The van der Waals surface area contributed by atoms with Crippen molar-refractivity contribution in [1.82, 2.24) is 0 Å². The second-order valence-electron chi connectivity index (χ2n) is 4.69. The van der Waals surface area contributed by atoms with Crippen LogP contribution in [0.2, 0.25) is 0 Å². The number of hydrogen-bond acceptors (Lipinski definition) is 2. The van der Waals surface area contributed by atoms with Gasteiger partial charge in [-0.3, -0.25) is 0 Å². The molecule has 0 heterocycles.